The first-order valence-electron chi connectivity index (χ1n) is 9.46. The SMILES string of the molecule is CCOC(=O)C1CCCN(C(=O)CN(C)C(=O)Cc2cccc(C(F)(F)F)c2)C1. The van der Waals surface area contributed by atoms with Gasteiger partial charge in [-0.2, -0.15) is 13.2 Å². The van der Waals surface area contributed by atoms with E-state index >= 15 is 0 Å². The number of esters is 1. The molecule has 1 fully saturated rings. The second kappa shape index (κ2) is 9.76. The van der Waals surface area contributed by atoms with Crippen molar-refractivity contribution in [2.45, 2.75) is 32.4 Å². The van der Waals surface area contributed by atoms with Crippen molar-refractivity contribution < 1.29 is 32.3 Å². The standard InChI is InChI=1S/C20H25F3N2O4/c1-3-29-19(28)15-7-5-9-25(12-15)18(27)13-24(2)17(26)11-14-6-4-8-16(10-14)20(21,22)23/h4,6,8,10,15H,3,5,7,9,11-13H2,1-2H3. The van der Waals surface area contributed by atoms with Gasteiger partial charge in [-0.1, -0.05) is 18.2 Å². The fourth-order valence-corrected chi connectivity index (χ4v) is 3.21. The number of nitrogens with zero attached hydrogens (tertiary/aromatic N) is 2. The van der Waals surface area contributed by atoms with Gasteiger partial charge in [0.2, 0.25) is 11.8 Å². The molecule has 0 radical (unpaired) electrons. The molecule has 1 aromatic rings. The summed E-state index contributed by atoms with van der Waals surface area (Å²) in [6.45, 7) is 2.52. The van der Waals surface area contributed by atoms with Crippen molar-refractivity contribution in [1.29, 1.82) is 0 Å². The molecule has 160 valence electrons. The van der Waals surface area contributed by atoms with Crippen LogP contribution in [0.25, 0.3) is 0 Å². The molecule has 2 rings (SSSR count). The van der Waals surface area contributed by atoms with E-state index < -0.39 is 17.6 Å². The third-order valence-corrected chi connectivity index (χ3v) is 4.80. The van der Waals surface area contributed by atoms with Crippen LogP contribution < -0.4 is 0 Å². The van der Waals surface area contributed by atoms with Gasteiger partial charge in [0.25, 0.3) is 0 Å². The summed E-state index contributed by atoms with van der Waals surface area (Å²) in [6.07, 6.45) is -3.41. The number of piperidine rings is 1. The fourth-order valence-electron chi connectivity index (χ4n) is 3.21. The zero-order valence-electron chi connectivity index (χ0n) is 16.5. The maximum absolute atomic E-state index is 12.8. The molecule has 0 bridgehead atoms. The highest BCUT2D eigenvalue weighted by Crippen LogP contribution is 2.29. The van der Waals surface area contributed by atoms with Crippen LogP contribution in [0.15, 0.2) is 24.3 Å². The van der Waals surface area contributed by atoms with Crippen LogP contribution in [0.2, 0.25) is 0 Å². The van der Waals surface area contributed by atoms with Crippen LogP contribution in [0.1, 0.15) is 30.9 Å². The van der Waals surface area contributed by atoms with E-state index in [4.69, 9.17) is 4.74 Å². The zero-order valence-corrected chi connectivity index (χ0v) is 16.5. The maximum Gasteiger partial charge on any atom is 0.416 e. The molecular formula is C20H25F3N2O4. The quantitative estimate of drug-likeness (QED) is 0.671. The number of amides is 2. The lowest BCUT2D eigenvalue weighted by molar-refractivity contribution is -0.152. The first-order chi connectivity index (χ1) is 13.6. The highest BCUT2D eigenvalue weighted by Gasteiger charge is 2.31. The molecule has 0 spiro atoms. The van der Waals surface area contributed by atoms with Crippen molar-refractivity contribution in [3.63, 3.8) is 0 Å². The number of benzene rings is 1. The Morgan fingerprint density at radius 3 is 2.66 bits per heavy atom. The summed E-state index contributed by atoms with van der Waals surface area (Å²) in [5, 5.41) is 0. The van der Waals surface area contributed by atoms with E-state index in [-0.39, 0.29) is 49.5 Å². The number of carbonyl (C=O) groups is 3. The lowest BCUT2D eigenvalue weighted by atomic mass is 9.98. The lowest BCUT2D eigenvalue weighted by Crippen LogP contribution is -2.47. The average molecular weight is 414 g/mol. The summed E-state index contributed by atoms with van der Waals surface area (Å²) in [6, 6.07) is 4.57. The Labute approximate surface area is 167 Å². The number of ether oxygens (including phenoxy) is 1. The molecule has 29 heavy (non-hydrogen) atoms. The number of hydrogen-bond donors (Lipinski definition) is 0. The van der Waals surface area contributed by atoms with Gasteiger partial charge < -0.3 is 14.5 Å². The second-order valence-electron chi connectivity index (χ2n) is 7.06. The first kappa shape index (κ1) is 22.7. The molecule has 6 nitrogen and oxygen atoms in total. The smallest absolute Gasteiger partial charge is 0.416 e. The Kier molecular flexibility index (Phi) is 7.64. The third kappa shape index (κ3) is 6.47. The van der Waals surface area contributed by atoms with Crippen LogP contribution in [0.3, 0.4) is 0 Å². The summed E-state index contributed by atoms with van der Waals surface area (Å²) in [4.78, 5) is 39.5. The zero-order chi connectivity index (χ0) is 21.6. The number of halogens is 3. The fraction of sp³-hybridized carbons (Fsp3) is 0.550. The van der Waals surface area contributed by atoms with E-state index in [0.717, 1.165) is 12.1 Å². The van der Waals surface area contributed by atoms with Crippen molar-refractivity contribution in [2.75, 3.05) is 33.3 Å². The minimum atomic E-state index is -4.48. The van der Waals surface area contributed by atoms with Crippen LogP contribution >= 0.6 is 0 Å². The van der Waals surface area contributed by atoms with Crippen molar-refractivity contribution in [3.8, 4) is 0 Å². The highest BCUT2D eigenvalue weighted by atomic mass is 19.4. The van der Waals surface area contributed by atoms with Crippen LogP contribution in [0.4, 0.5) is 13.2 Å². The molecule has 0 N–H and O–H groups in total. The number of rotatable bonds is 6. The minimum Gasteiger partial charge on any atom is -0.466 e. The summed E-state index contributed by atoms with van der Waals surface area (Å²) in [7, 11) is 1.43. The predicted octanol–water partition coefficient (Wildman–Crippen LogP) is 2.51. The van der Waals surface area contributed by atoms with Gasteiger partial charge in [0.1, 0.15) is 0 Å². The van der Waals surface area contributed by atoms with Gasteiger partial charge in [0.15, 0.2) is 0 Å². The van der Waals surface area contributed by atoms with Crippen molar-refractivity contribution in [1.82, 2.24) is 9.80 Å². The van der Waals surface area contributed by atoms with E-state index in [1.165, 1.54) is 29.0 Å². The van der Waals surface area contributed by atoms with Gasteiger partial charge >= 0.3 is 12.1 Å². The Morgan fingerprint density at radius 2 is 2.00 bits per heavy atom. The molecule has 0 aromatic heterocycles. The largest absolute Gasteiger partial charge is 0.466 e. The van der Waals surface area contributed by atoms with Gasteiger partial charge in [0, 0.05) is 20.1 Å². The second-order valence-corrected chi connectivity index (χ2v) is 7.06. The van der Waals surface area contributed by atoms with Gasteiger partial charge in [-0.05, 0) is 31.4 Å². The maximum atomic E-state index is 12.8. The molecule has 1 heterocycles. The molecule has 1 aliphatic heterocycles. The van der Waals surface area contributed by atoms with Gasteiger partial charge in [-0.15, -0.1) is 0 Å². The molecule has 0 aliphatic carbocycles. The summed E-state index contributed by atoms with van der Waals surface area (Å²) in [5.74, 6) is -1.48. The molecule has 1 aliphatic rings. The Balaban J connectivity index is 1.92. The van der Waals surface area contributed by atoms with Crippen LogP contribution in [0.5, 0.6) is 0 Å². The van der Waals surface area contributed by atoms with Crippen LogP contribution in [0, 0.1) is 5.92 Å². The van der Waals surface area contributed by atoms with E-state index in [1.54, 1.807) is 6.92 Å². The van der Waals surface area contributed by atoms with Crippen LogP contribution in [-0.4, -0.2) is 60.9 Å². The molecule has 2 amide bonds. The van der Waals surface area contributed by atoms with Crippen LogP contribution in [-0.2, 0) is 31.7 Å². The number of likely N-dealkylation sites (tertiary alicyclic amines) is 1. The summed E-state index contributed by atoms with van der Waals surface area (Å²) >= 11 is 0. The monoisotopic (exact) mass is 414 g/mol. The average Bonchev–Trinajstić information content (AvgIpc) is 2.67. The van der Waals surface area contributed by atoms with Crippen molar-refractivity contribution in [2.24, 2.45) is 5.92 Å². The molecule has 1 atom stereocenters. The minimum absolute atomic E-state index is 0.201. The number of carbonyl (C=O) groups excluding carboxylic acids is 3. The highest BCUT2D eigenvalue weighted by molar-refractivity contribution is 5.86. The number of likely N-dealkylation sites (N-methyl/N-ethyl adjacent to an activating group) is 1. The van der Waals surface area contributed by atoms with Gasteiger partial charge in [0.05, 0.1) is 31.1 Å². The molecule has 1 aromatic carbocycles. The third-order valence-electron chi connectivity index (χ3n) is 4.80. The molecule has 9 heteroatoms. The van der Waals surface area contributed by atoms with E-state index in [1.807, 2.05) is 0 Å². The summed E-state index contributed by atoms with van der Waals surface area (Å²) in [5.41, 5.74) is -0.593. The number of alkyl halides is 3. The van der Waals surface area contributed by atoms with Crippen molar-refractivity contribution in [3.05, 3.63) is 35.4 Å². The molecule has 1 unspecified atom stereocenters. The summed E-state index contributed by atoms with van der Waals surface area (Å²) < 4.78 is 43.4. The molecular weight excluding hydrogens is 389 g/mol. The van der Waals surface area contributed by atoms with E-state index in [9.17, 15) is 27.6 Å². The predicted molar refractivity (Wildman–Crippen MR) is 98.7 cm³/mol. The van der Waals surface area contributed by atoms with Gasteiger partial charge in [-0.25, -0.2) is 0 Å². The lowest BCUT2D eigenvalue weighted by Gasteiger charge is -2.32. The molecule has 0 saturated carbocycles. The van der Waals surface area contributed by atoms with Gasteiger partial charge in [-0.3, -0.25) is 14.4 Å². The van der Waals surface area contributed by atoms with E-state index in [2.05, 4.69) is 0 Å². The topological polar surface area (TPSA) is 66.9 Å². The van der Waals surface area contributed by atoms with E-state index in [0.29, 0.717) is 19.4 Å². The molecule has 1 saturated heterocycles. The first-order valence-corrected chi connectivity index (χ1v) is 9.46. The Hall–Kier alpha value is -2.58. The Morgan fingerprint density at radius 1 is 1.28 bits per heavy atom. The van der Waals surface area contributed by atoms with Crippen molar-refractivity contribution >= 4 is 17.8 Å². The number of hydrogen-bond acceptors (Lipinski definition) is 4. The normalized spacial score (nSPS) is 17.0. The Bertz CT molecular complexity index is 751.